The maximum absolute atomic E-state index is 12.2. The summed E-state index contributed by atoms with van der Waals surface area (Å²) < 4.78 is 1.13. The minimum atomic E-state index is 0.312. The highest BCUT2D eigenvalue weighted by atomic mass is 35.5. The zero-order valence-corrected chi connectivity index (χ0v) is 14.7. The molecule has 4 rings (SSSR count). The van der Waals surface area contributed by atoms with Crippen LogP contribution < -0.4 is 4.90 Å². The van der Waals surface area contributed by atoms with Crippen molar-refractivity contribution in [2.24, 2.45) is 5.92 Å². The lowest BCUT2D eigenvalue weighted by molar-refractivity contribution is -0.133. The van der Waals surface area contributed by atoms with Crippen LogP contribution >= 0.6 is 22.9 Å². The van der Waals surface area contributed by atoms with Gasteiger partial charge in [0.25, 0.3) is 0 Å². The molecule has 2 fully saturated rings. The Hall–Kier alpha value is -1.33. The normalized spacial score (nSPS) is 19.3. The molecular weight excluding hydrogens is 330 g/mol. The van der Waals surface area contributed by atoms with E-state index in [1.165, 1.54) is 0 Å². The SMILES string of the molecule is CN(C(=O)C1CC1)C1CCN(c2nc3ccc(Cl)cc3s2)CC1. The summed E-state index contributed by atoms with van der Waals surface area (Å²) in [6.07, 6.45) is 4.20. The molecule has 1 aromatic carbocycles. The molecule has 0 atom stereocenters. The van der Waals surface area contributed by atoms with Gasteiger partial charge in [0.15, 0.2) is 5.13 Å². The number of benzene rings is 1. The number of anilines is 1. The summed E-state index contributed by atoms with van der Waals surface area (Å²) in [4.78, 5) is 21.3. The predicted octanol–water partition coefficient (Wildman–Crippen LogP) is 3.79. The molecule has 0 unspecified atom stereocenters. The van der Waals surface area contributed by atoms with Crippen LogP contribution in [0.4, 0.5) is 5.13 Å². The van der Waals surface area contributed by atoms with Crippen molar-refractivity contribution in [3.8, 4) is 0 Å². The largest absolute Gasteiger partial charge is 0.348 e. The number of amides is 1. The van der Waals surface area contributed by atoms with Crippen molar-refractivity contribution in [3.63, 3.8) is 0 Å². The maximum atomic E-state index is 12.2. The van der Waals surface area contributed by atoms with Gasteiger partial charge in [0.2, 0.25) is 5.91 Å². The molecule has 122 valence electrons. The summed E-state index contributed by atoms with van der Waals surface area (Å²) in [7, 11) is 1.97. The molecule has 1 saturated heterocycles. The average Bonchev–Trinajstić information content (AvgIpc) is 3.33. The third kappa shape index (κ3) is 3.04. The molecule has 0 spiro atoms. The van der Waals surface area contributed by atoms with Gasteiger partial charge in [-0.25, -0.2) is 4.98 Å². The zero-order valence-electron chi connectivity index (χ0n) is 13.2. The summed E-state index contributed by atoms with van der Waals surface area (Å²) in [6, 6.07) is 6.22. The highest BCUT2D eigenvalue weighted by molar-refractivity contribution is 7.22. The third-order valence-corrected chi connectivity index (χ3v) is 6.21. The van der Waals surface area contributed by atoms with Gasteiger partial charge in [-0.15, -0.1) is 0 Å². The summed E-state index contributed by atoms with van der Waals surface area (Å²) in [5.74, 6) is 0.658. The van der Waals surface area contributed by atoms with Crippen LogP contribution in [0, 0.1) is 5.92 Å². The number of fused-ring (bicyclic) bond motifs is 1. The molecule has 0 bridgehead atoms. The van der Waals surface area contributed by atoms with Gasteiger partial charge < -0.3 is 9.80 Å². The van der Waals surface area contributed by atoms with E-state index in [0.29, 0.717) is 17.9 Å². The summed E-state index contributed by atoms with van der Waals surface area (Å²) in [5.41, 5.74) is 1.01. The number of hydrogen-bond donors (Lipinski definition) is 0. The van der Waals surface area contributed by atoms with Gasteiger partial charge in [-0.3, -0.25) is 4.79 Å². The van der Waals surface area contributed by atoms with E-state index < -0.39 is 0 Å². The molecule has 4 nitrogen and oxygen atoms in total. The van der Waals surface area contributed by atoms with E-state index in [2.05, 4.69) is 4.90 Å². The van der Waals surface area contributed by atoms with Gasteiger partial charge in [0, 0.05) is 37.1 Å². The highest BCUT2D eigenvalue weighted by Gasteiger charge is 2.35. The second-order valence-electron chi connectivity index (χ2n) is 6.55. The fraction of sp³-hybridized carbons (Fsp3) is 0.529. The smallest absolute Gasteiger partial charge is 0.225 e. The molecule has 1 aliphatic carbocycles. The summed E-state index contributed by atoms with van der Waals surface area (Å²) in [5, 5.41) is 1.82. The molecule has 6 heteroatoms. The molecule has 1 aliphatic heterocycles. The molecule has 0 radical (unpaired) electrons. The van der Waals surface area contributed by atoms with E-state index in [0.717, 1.165) is 59.1 Å². The van der Waals surface area contributed by atoms with E-state index in [4.69, 9.17) is 16.6 Å². The van der Waals surface area contributed by atoms with E-state index in [-0.39, 0.29) is 0 Å². The Kier molecular flexibility index (Phi) is 3.93. The number of halogens is 1. The molecule has 0 N–H and O–H groups in total. The highest BCUT2D eigenvalue weighted by Crippen LogP contribution is 2.34. The van der Waals surface area contributed by atoms with Crippen LogP contribution in [-0.2, 0) is 4.79 Å². The molecule has 1 saturated carbocycles. The van der Waals surface area contributed by atoms with Gasteiger partial charge in [-0.1, -0.05) is 22.9 Å². The van der Waals surface area contributed by atoms with Crippen molar-refractivity contribution in [1.82, 2.24) is 9.88 Å². The van der Waals surface area contributed by atoms with Crippen LogP contribution in [0.1, 0.15) is 25.7 Å². The standard InChI is InChI=1S/C17H20ClN3OS/c1-20(16(22)11-2-3-11)13-6-8-21(9-7-13)17-19-14-5-4-12(18)10-15(14)23-17/h4-5,10-11,13H,2-3,6-9H2,1H3. The molecular formula is C17H20ClN3OS. The minimum absolute atomic E-state index is 0.312. The first-order valence-electron chi connectivity index (χ1n) is 8.19. The van der Waals surface area contributed by atoms with Crippen molar-refractivity contribution in [2.45, 2.75) is 31.7 Å². The number of piperidine rings is 1. The van der Waals surface area contributed by atoms with Crippen LogP contribution in [0.15, 0.2) is 18.2 Å². The van der Waals surface area contributed by atoms with Crippen molar-refractivity contribution in [1.29, 1.82) is 0 Å². The molecule has 2 aromatic rings. The number of hydrogen-bond acceptors (Lipinski definition) is 4. The zero-order chi connectivity index (χ0) is 16.0. The molecule has 1 amide bonds. The van der Waals surface area contributed by atoms with Crippen LogP contribution in [0.3, 0.4) is 0 Å². The van der Waals surface area contributed by atoms with Gasteiger partial charge >= 0.3 is 0 Å². The molecule has 2 aliphatic rings. The Morgan fingerprint density at radius 3 is 2.74 bits per heavy atom. The number of nitrogens with zero attached hydrogens (tertiary/aromatic N) is 3. The van der Waals surface area contributed by atoms with E-state index in [1.807, 2.05) is 30.1 Å². The number of carbonyl (C=O) groups excluding carboxylic acids is 1. The number of thiazole rings is 1. The fourth-order valence-electron chi connectivity index (χ4n) is 3.26. The van der Waals surface area contributed by atoms with Crippen LogP contribution in [0.2, 0.25) is 5.02 Å². The first-order valence-corrected chi connectivity index (χ1v) is 9.39. The Labute approximate surface area is 145 Å². The van der Waals surface area contributed by atoms with Crippen molar-refractivity contribution in [3.05, 3.63) is 23.2 Å². The summed E-state index contributed by atoms with van der Waals surface area (Å²) in [6.45, 7) is 1.92. The average molecular weight is 350 g/mol. The third-order valence-electron chi connectivity index (χ3n) is 4.90. The van der Waals surface area contributed by atoms with Crippen LogP contribution in [-0.4, -0.2) is 42.0 Å². The predicted molar refractivity (Wildman–Crippen MR) is 95.4 cm³/mol. The van der Waals surface area contributed by atoms with E-state index >= 15 is 0 Å². The maximum Gasteiger partial charge on any atom is 0.225 e. The fourth-order valence-corrected chi connectivity index (χ4v) is 4.56. The number of carbonyl (C=O) groups is 1. The number of rotatable bonds is 3. The van der Waals surface area contributed by atoms with Crippen molar-refractivity contribution < 1.29 is 4.79 Å². The Morgan fingerprint density at radius 2 is 2.04 bits per heavy atom. The lowest BCUT2D eigenvalue weighted by Crippen LogP contribution is -2.46. The van der Waals surface area contributed by atoms with Gasteiger partial charge in [0.1, 0.15) is 0 Å². The van der Waals surface area contributed by atoms with Gasteiger partial charge in [0.05, 0.1) is 10.2 Å². The van der Waals surface area contributed by atoms with E-state index in [9.17, 15) is 4.79 Å². The van der Waals surface area contributed by atoms with Crippen molar-refractivity contribution >= 4 is 44.2 Å². The monoisotopic (exact) mass is 349 g/mol. The van der Waals surface area contributed by atoms with Gasteiger partial charge in [-0.05, 0) is 43.9 Å². The Morgan fingerprint density at radius 1 is 1.30 bits per heavy atom. The second kappa shape index (κ2) is 5.95. The second-order valence-corrected chi connectivity index (χ2v) is 8.00. The molecule has 23 heavy (non-hydrogen) atoms. The first-order chi connectivity index (χ1) is 11.1. The molecule has 2 heterocycles. The van der Waals surface area contributed by atoms with Gasteiger partial charge in [-0.2, -0.15) is 0 Å². The Balaban J connectivity index is 1.42. The van der Waals surface area contributed by atoms with Crippen LogP contribution in [0.25, 0.3) is 10.2 Å². The summed E-state index contributed by atoms with van der Waals surface area (Å²) >= 11 is 7.75. The lowest BCUT2D eigenvalue weighted by Gasteiger charge is -2.36. The Bertz CT molecular complexity index is 735. The minimum Gasteiger partial charge on any atom is -0.348 e. The van der Waals surface area contributed by atoms with Crippen molar-refractivity contribution in [2.75, 3.05) is 25.0 Å². The molecule has 1 aromatic heterocycles. The van der Waals surface area contributed by atoms with E-state index in [1.54, 1.807) is 11.3 Å². The van der Waals surface area contributed by atoms with Crippen LogP contribution in [0.5, 0.6) is 0 Å². The lowest BCUT2D eigenvalue weighted by atomic mass is 10.0. The quantitative estimate of drug-likeness (QED) is 0.846. The number of aromatic nitrogens is 1. The topological polar surface area (TPSA) is 36.4 Å². The first kappa shape index (κ1) is 15.2.